The Morgan fingerprint density at radius 2 is 2.00 bits per heavy atom. The van der Waals surface area contributed by atoms with Crippen LogP contribution in [-0.4, -0.2) is 20.7 Å². The van der Waals surface area contributed by atoms with Gasteiger partial charge in [0.1, 0.15) is 5.75 Å². The molecule has 3 heteroatoms. The minimum absolute atomic E-state index is 0.610. The fraction of sp³-hybridized carbons (Fsp3) is 0.500. The Morgan fingerprint density at radius 1 is 1.29 bits per heavy atom. The average Bonchev–Trinajstić information content (AvgIpc) is 2.31. The van der Waals surface area contributed by atoms with Crippen LogP contribution in [0.2, 0.25) is 0 Å². The lowest BCUT2D eigenvalue weighted by Crippen LogP contribution is -2.19. The van der Waals surface area contributed by atoms with Crippen LogP contribution in [0.3, 0.4) is 0 Å². The maximum atomic E-state index is 8.53. The Hall–Kier alpha value is -1.69. The number of hydrogen-bond donors (Lipinski definition) is 0. The van der Waals surface area contributed by atoms with Crippen LogP contribution < -0.4 is 9.64 Å². The second kappa shape index (κ2) is 6.15. The minimum atomic E-state index is 0.610. The van der Waals surface area contributed by atoms with E-state index in [0.29, 0.717) is 6.42 Å². The molecule has 0 radical (unpaired) electrons. The van der Waals surface area contributed by atoms with Crippen molar-refractivity contribution in [1.82, 2.24) is 0 Å². The molecule has 0 aliphatic carbocycles. The van der Waals surface area contributed by atoms with Gasteiger partial charge in [-0.1, -0.05) is 0 Å². The molecule has 0 aromatic heterocycles. The lowest BCUT2D eigenvalue weighted by molar-refractivity contribution is 0.411. The van der Waals surface area contributed by atoms with E-state index in [4.69, 9.17) is 10.00 Å². The number of nitrogens with zero attached hydrogens (tertiary/aromatic N) is 2. The van der Waals surface area contributed by atoms with Crippen molar-refractivity contribution in [2.24, 2.45) is 0 Å². The van der Waals surface area contributed by atoms with E-state index in [-0.39, 0.29) is 0 Å². The molecule has 1 aromatic rings. The summed E-state index contributed by atoms with van der Waals surface area (Å²) in [4.78, 5) is 2.19. The molecule has 0 N–H and O–H groups in total. The highest BCUT2D eigenvalue weighted by Gasteiger charge is 2.08. The third-order valence-electron chi connectivity index (χ3n) is 2.91. The number of benzene rings is 1. The zero-order chi connectivity index (χ0) is 12.8. The summed E-state index contributed by atoms with van der Waals surface area (Å²) >= 11 is 0. The van der Waals surface area contributed by atoms with Gasteiger partial charge in [-0.15, -0.1) is 0 Å². The zero-order valence-electron chi connectivity index (χ0n) is 11.1. The number of hydrogen-bond acceptors (Lipinski definition) is 3. The first-order valence-electron chi connectivity index (χ1n) is 5.83. The number of ether oxygens (including phenoxy) is 1. The van der Waals surface area contributed by atoms with Gasteiger partial charge in [0.15, 0.2) is 0 Å². The van der Waals surface area contributed by atoms with E-state index in [1.165, 1.54) is 11.3 Å². The van der Waals surface area contributed by atoms with E-state index in [2.05, 4.69) is 37.1 Å². The monoisotopic (exact) mass is 232 g/mol. The van der Waals surface area contributed by atoms with Crippen LogP contribution in [0.1, 0.15) is 24.0 Å². The van der Waals surface area contributed by atoms with Crippen molar-refractivity contribution in [1.29, 1.82) is 5.26 Å². The predicted octanol–water partition coefficient (Wildman–Crippen LogP) is 3.05. The normalized spacial score (nSPS) is 9.82. The molecule has 0 fully saturated rings. The van der Waals surface area contributed by atoms with Crippen molar-refractivity contribution >= 4 is 5.69 Å². The van der Waals surface area contributed by atoms with E-state index in [0.717, 1.165) is 24.3 Å². The van der Waals surface area contributed by atoms with Crippen molar-refractivity contribution in [3.63, 3.8) is 0 Å². The molecule has 0 unspecified atom stereocenters. The number of rotatable bonds is 5. The quantitative estimate of drug-likeness (QED) is 0.732. The number of nitriles is 1. The van der Waals surface area contributed by atoms with Crippen LogP contribution in [0.25, 0.3) is 0 Å². The Bertz CT molecular complexity index is 421. The summed E-state index contributed by atoms with van der Waals surface area (Å²) < 4.78 is 5.30. The molecule has 0 aliphatic heterocycles. The van der Waals surface area contributed by atoms with Crippen molar-refractivity contribution in [3.05, 3.63) is 23.3 Å². The van der Waals surface area contributed by atoms with E-state index in [1.54, 1.807) is 7.11 Å². The summed E-state index contributed by atoms with van der Waals surface area (Å²) in [5.74, 6) is 0.927. The van der Waals surface area contributed by atoms with Crippen molar-refractivity contribution in [3.8, 4) is 11.8 Å². The summed E-state index contributed by atoms with van der Waals surface area (Å²) in [5.41, 5.74) is 3.55. The van der Waals surface area contributed by atoms with Crippen LogP contribution in [-0.2, 0) is 0 Å². The Morgan fingerprint density at radius 3 is 2.59 bits per heavy atom. The van der Waals surface area contributed by atoms with Gasteiger partial charge in [0.05, 0.1) is 13.2 Å². The van der Waals surface area contributed by atoms with E-state index >= 15 is 0 Å². The number of aryl methyl sites for hydroxylation is 2. The highest BCUT2D eigenvalue weighted by Crippen LogP contribution is 2.28. The third kappa shape index (κ3) is 3.39. The first-order valence-corrected chi connectivity index (χ1v) is 5.83. The van der Waals surface area contributed by atoms with Crippen LogP contribution in [0, 0.1) is 25.2 Å². The molecule has 92 valence electrons. The maximum Gasteiger partial charge on any atom is 0.122 e. The number of unbranched alkanes of at least 4 members (excludes halogenated alkanes) is 1. The van der Waals surface area contributed by atoms with Crippen LogP contribution in [0.4, 0.5) is 5.69 Å². The summed E-state index contributed by atoms with van der Waals surface area (Å²) in [5, 5.41) is 8.53. The smallest absolute Gasteiger partial charge is 0.122 e. The number of methoxy groups -OCH3 is 1. The molecule has 1 aromatic carbocycles. The SMILES string of the molecule is COc1cc(C)c(N(C)CCCC#N)cc1C. The lowest BCUT2D eigenvalue weighted by atomic mass is 10.1. The first-order chi connectivity index (χ1) is 8.10. The van der Waals surface area contributed by atoms with Gasteiger partial charge < -0.3 is 9.64 Å². The molecular weight excluding hydrogens is 212 g/mol. The highest BCUT2D eigenvalue weighted by molar-refractivity contribution is 5.58. The first kappa shape index (κ1) is 13.4. The zero-order valence-corrected chi connectivity index (χ0v) is 11.1. The van der Waals surface area contributed by atoms with Gasteiger partial charge >= 0.3 is 0 Å². The third-order valence-corrected chi connectivity index (χ3v) is 2.91. The molecule has 17 heavy (non-hydrogen) atoms. The minimum Gasteiger partial charge on any atom is -0.496 e. The molecule has 0 bridgehead atoms. The summed E-state index contributed by atoms with van der Waals surface area (Å²) in [6, 6.07) is 6.37. The maximum absolute atomic E-state index is 8.53. The van der Waals surface area contributed by atoms with Crippen molar-refractivity contribution in [2.45, 2.75) is 26.7 Å². The topological polar surface area (TPSA) is 36.3 Å². The van der Waals surface area contributed by atoms with E-state index in [9.17, 15) is 0 Å². The standard InChI is InChI=1S/C14H20N2O/c1-11-10-14(17-4)12(2)9-13(11)16(3)8-6-5-7-15/h9-10H,5-6,8H2,1-4H3. The Balaban J connectivity index is 2.83. The van der Waals surface area contributed by atoms with Gasteiger partial charge in [-0.05, 0) is 43.5 Å². The van der Waals surface area contributed by atoms with Gasteiger partial charge in [0.2, 0.25) is 0 Å². The predicted molar refractivity (Wildman–Crippen MR) is 70.6 cm³/mol. The summed E-state index contributed by atoms with van der Waals surface area (Å²) in [7, 11) is 3.75. The second-order valence-electron chi connectivity index (χ2n) is 4.29. The molecule has 0 aliphatic rings. The summed E-state index contributed by atoms with van der Waals surface area (Å²) in [6.45, 7) is 5.03. The van der Waals surface area contributed by atoms with Gasteiger partial charge in [-0.2, -0.15) is 5.26 Å². The molecule has 0 heterocycles. The largest absolute Gasteiger partial charge is 0.496 e. The Kier molecular flexibility index (Phi) is 4.84. The van der Waals surface area contributed by atoms with Gasteiger partial charge in [0.25, 0.3) is 0 Å². The van der Waals surface area contributed by atoms with E-state index in [1.807, 2.05) is 6.92 Å². The Labute approximate surface area is 104 Å². The van der Waals surface area contributed by atoms with Gasteiger partial charge in [0, 0.05) is 25.7 Å². The lowest BCUT2D eigenvalue weighted by Gasteiger charge is -2.22. The van der Waals surface area contributed by atoms with Gasteiger partial charge in [-0.3, -0.25) is 0 Å². The van der Waals surface area contributed by atoms with Crippen LogP contribution in [0.15, 0.2) is 12.1 Å². The van der Waals surface area contributed by atoms with Crippen LogP contribution in [0.5, 0.6) is 5.75 Å². The fourth-order valence-electron chi connectivity index (χ4n) is 1.92. The van der Waals surface area contributed by atoms with Crippen LogP contribution >= 0.6 is 0 Å². The molecule has 0 saturated carbocycles. The van der Waals surface area contributed by atoms with Crippen molar-refractivity contribution < 1.29 is 4.74 Å². The molecule has 0 amide bonds. The molecule has 3 nitrogen and oxygen atoms in total. The fourth-order valence-corrected chi connectivity index (χ4v) is 1.92. The summed E-state index contributed by atoms with van der Waals surface area (Å²) in [6.07, 6.45) is 1.51. The molecule has 0 atom stereocenters. The number of anilines is 1. The molecular formula is C14H20N2O. The van der Waals surface area contributed by atoms with Crippen molar-refractivity contribution in [2.75, 3.05) is 25.6 Å². The highest BCUT2D eigenvalue weighted by atomic mass is 16.5. The van der Waals surface area contributed by atoms with E-state index < -0.39 is 0 Å². The molecule has 0 spiro atoms. The molecule has 1 rings (SSSR count). The molecule has 0 saturated heterocycles. The second-order valence-corrected chi connectivity index (χ2v) is 4.29. The average molecular weight is 232 g/mol. The van der Waals surface area contributed by atoms with Gasteiger partial charge in [-0.25, -0.2) is 0 Å².